The number of rotatable bonds is 6. The van der Waals surface area contributed by atoms with Crippen molar-refractivity contribution >= 4 is 17.3 Å². The van der Waals surface area contributed by atoms with Crippen molar-refractivity contribution in [2.24, 2.45) is 0 Å². The second-order valence-corrected chi connectivity index (χ2v) is 7.11. The number of nitro groups is 1. The molecule has 0 saturated heterocycles. The summed E-state index contributed by atoms with van der Waals surface area (Å²) in [5.74, 6) is 0.670. The SMILES string of the molecule is COc1cc(NC(=O)c2ccc(C(C)(C)C)c([N+](=O)[O-])c2)cc(OC)c1OC. The van der Waals surface area contributed by atoms with E-state index in [1.165, 1.54) is 27.4 Å². The van der Waals surface area contributed by atoms with Crippen molar-refractivity contribution in [2.75, 3.05) is 26.6 Å². The number of ether oxygens (including phenoxy) is 3. The summed E-state index contributed by atoms with van der Waals surface area (Å²) in [6.45, 7) is 5.64. The van der Waals surface area contributed by atoms with E-state index in [0.29, 0.717) is 28.5 Å². The maximum absolute atomic E-state index is 12.7. The van der Waals surface area contributed by atoms with Gasteiger partial charge in [0.1, 0.15) is 0 Å². The molecule has 2 rings (SSSR count). The van der Waals surface area contributed by atoms with Crippen LogP contribution in [0.5, 0.6) is 17.2 Å². The van der Waals surface area contributed by atoms with Crippen molar-refractivity contribution in [3.63, 3.8) is 0 Å². The van der Waals surface area contributed by atoms with Crippen LogP contribution in [0.1, 0.15) is 36.7 Å². The Kier molecular flexibility index (Phi) is 6.12. The van der Waals surface area contributed by atoms with Gasteiger partial charge in [-0.05, 0) is 11.5 Å². The Balaban J connectivity index is 2.40. The van der Waals surface area contributed by atoms with Gasteiger partial charge in [0.15, 0.2) is 11.5 Å². The number of hydrogen-bond acceptors (Lipinski definition) is 6. The zero-order chi connectivity index (χ0) is 21.1. The highest BCUT2D eigenvalue weighted by atomic mass is 16.6. The number of amides is 1. The number of nitro benzene ring substituents is 1. The minimum Gasteiger partial charge on any atom is -0.493 e. The fraction of sp³-hybridized carbons (Fsp3) is 0.350. The second-order valence-electron chi connectivity index (χ2n) is 7.11. The number of methoxy groups -OCH3 is 3. The fourth-order valence-corrected chi connectivity index (χ4v) is 2.81. The van der Waals surface area contributed by atoms with Gasteiger partial charge in [-0.3, -0.25) is 14.9 Å². The third-order valence-electron chi connectivity index (χ3n) is 4.19. The first kappa shape index (κ1) is 21.0. The number of benzene rings is 2. The van der Waals surface area contributed by atoms with E-state index in [4.69, 9.17) is 14.2 Å². The van der Waals surface area contributed by atoms with Crippen molar-refractivity contribution in [3.05, 3.63) is 51.6 Å². The van der Waals surface area contributed by atoms with Gasteiger partial charge in [-0.25, -0.2) is 0 Å². The molecule has 0 aliphatic heterocycles. The highest BCUT2D eigenvalue weighted by Crippen LogP contribution is 2.40. The van der Waals surface area contributed by atoms with Crippen LogP contribution in [0.15, 0.2) is 30.3 Å². The van der Waals surface area contributed by atoms with Crippen LogP contribution in [0, 0.1) is 10.1 Å². The molecule has 2 aromatic carbocycles. The number of carbonyl (C=O) groups excluding carboxylic acids is 1. The summed E-state index contributed by atoms with van der Waals surface area (Å²) in [6, 6.07) is 7.63. The molecule has 0 aromatic heterocycles. The molecule has 150 valence electrons. The molecule has 8 nitrogen and oxygen atoms in total. The van der Waals surface area contributed by atoms with Gasteiger partial charge in [-0.15, -0.1) is 0 Å². The largest absolute Gasteiger partial charge is 0.493 e. The molecule has 1 N–H and O–H groups in total. The van der Waals surface area contributed by atoms with E-state index in [1.807, 2.05) is 20.8 Å². The van der Waals surface area contributed by atoms with E-state index in [0.717, 1.165) is 0 Å². The van der Waals surface area contributed by atoms with Gasteiger partial charge in [-0.1, -0.05) is 26.8 Å². The second kappa shape index (κ2) is 8.16. The summed E-state index contributed by atoms with van der Waals surface area (Å²) in [5.41, 5.74) is 0.621. The summed E-state index contributed by atoms with van der Waals surface area (Å²) in [4.78, 5) is 23.6. The van der Waals surface area contributed by atoms with E-state index >= 15 is 0 Å². The summed E-state index contributed by atoms with van der Waals surface area (Å²) >= 11 is 0. The Morgan fingerprint density at radius 3 is 2.00 bits per heavy atom. The van der Waals surface area contributed by atoms with Gasteiger partial charge < -0.3 is 19.5 Å². The smallest absolute Gasteiger partial charge is 0.273 e. The van der Waals surface area contributed by atoms with E-state index in [1.54, 1.807) is 24.3 Å². The normalized spacial score (nSPS) is 10.9. The van der Waals surface area contributed by atoms with Gasteiger partial charge >= 0.3 is 0 Å². The molecule has 0 spiro atoms. The van der Waals surface area contributed by atoms with Crippen LogP contribution in [-0.2, 0) is 5.41 Å². The Bertz CT molecular complexity index is 877. The molecular formula is C20H24N2O6. The molecule has 0 saturated carbocycles. The van der Waals surface area contributed by atoms with Crippen LogP contribution in [0.25, 0.3) is 0 Å². The lowest BCUT2D eigenvalue weighted by molar-refractivity contribution is -0.386. The first-order valence-electron chi connectivity index (χ1n) is 8.52. The molecule has 0 bridgehead atoms. The molecule has 0 radical (unpaired) electrons. The van der Waals surface area contributed by atoms with E-state index < -0.39 is 16.2 Å². The van der Waals surface area contributed by atoms with Gasteiger partial charge in [0, 0.05) is 35.0 Å². The number of hydrogen-bond donors (Lipinski definition) is 1. The number of anilines is 1. The summed E-state index contributed by atoms with van der Waals surface area (Å²) in [6.07, 6.45) is 0. The molecule has 1 amide bonds. The summed E-state index contributed by atoms with van der Waals surface area (Å²) in [5, 5.41) is 14.2. The van der Waals surface area contributed by atoms with Crippen LogP contribution < -0.4 is 19.5 Å². The van der Waals surface area contributed by atoms with Crippen molar-refractivity contribution in [3.8, 4) is 17.2 Å². The van der Waals surface area contributed by atoms with Crippen LogP contribution in [-0.4, -0.2) is 32.2 Å². The van der Waals surface area contributed by atoms with Gasteiger partial charge in [-0.2, -0.15) is 0 Å². The molecule has 0 unspecified atom stereocenters. The lowest BCUT2D eigenvalue weighted by Crippen LogP contribution is -2.17. The minimum atomic E-state index is -0.488. The highest BCUT2D eigenvalue weighted by molar-refractivity contribution is 6.05. The van der Waals surface area contributed by atoms with E-state index in [2.05, 4.69) is 5.32 Å². The molecule has 2 aromatic rings. The molecule has 0 atom stereocenters. The molecule has 0 heterocycles. The average Bonchev–Trinajstić information content (AvgIpc) is 2.65. The molecule has 0 aliphatic carbocycles. The lowest BCUT2D eigenvalue weighted by atomic mass is 9.85. The Morgan fingerprint density at radius 1 is 1.00 bits per heavy atom. The highest BCUT2D eigenvalue weighted by Gasteiger charge is 2.26. The Hall–Kier alpha value is -3.29. The summed E-state index contributed by atoms with van der Waals surface area (Å²) in [7, 11) is 4.42. The quantitative estimate of drug-likeness (QED) is 0.589. The standard InChI is InChI=1S/C20H24N2O6/c1-20(2,3)14-8-7-12(9-15(14)22(24)25)19(23)21-13-10-16(26-4)18(28-6)17(11-13)27-5/h7-11H,1-6H3,(H,21,23). The number of carbonyl (C=O) groups is 1. The van der Waals surface area contributed by atoms with Crippen LogP contribution in [0.2, 0.25) is 0 Å². The molecule has 8 heteroatoms. The van der Waals surface area contributed by atoms with Gasteiger partial charge in [0.2, 0.25) is 5.75 Å². The zero-order valence-corrected chi connectivity index (χ0v) is 16.8. The van der Waals surface area contributed by atoms with Gasteiger partial charge in [0.05, 0.1) is 26.3 Å². The third kappa shape index (κ3) is 4.33. The maximum atomic E-state index is 12.7. The third-order valence-corrected chi connectivity index (χ3v) is 4.19. The molecule has 28 heavy (non-hydrogen) atoms. The maximum Gasteiger partial charge on any atom is 0.273 e. The fourth-order valence-electron chi connectivity index (χ4n) is 2.81. The van der Waals surface area contributed by atoms with E-state index in [-0.39, 0.29) is 11.3 Å². The van der Waals surface area contributed by atoms with Crippen LogP contribution in [0.3, 0.4) is 0 Å². The van der Waals surface area contributed by atoms with E-state index in [9.17, 15) is 14.9 Å². The molecule has 0 fully saturated rings. The summed E-state index contributed by atoms with van der Waals surface area (Å²) < 4.78 is 15.8. The first-order chi connectivity index (χ1) is 13.1. The monoisotopic (exact) mass is 388 g/mol. The molecular weight excluding hydrogens is 364 g/mol. The topological polar surface area (TPSA) is 99.9 Å². The van der Waals surface area contributed by atoms with Crippen molar-refractivity contribution in [2.45, 2.75) is 26.2 Å². The van der Waals surface area contributed by atoms with Crippen LogP contribution >= 0.6 is 0 Å². The Morgan fingerprint density at radius 2 is 1.57 bits per heavy atom. The van der Waals surface area contributed by atoms with Gasteiger partial charge in [0.25, 0.3) is 11.6 Å². The average molecular weight is 388 g/mol. The van der Waals surface area contributed by atoms with Crippen molar-refractivity contribution in [1.29, 1.82) is 0 Å². The molecule has 0 aliphatic rings. The first-order valence-corrected chi connectivity index (χ1v) is 8.52. The number of nitrogens with one attached hydrogen (secondary N) is 1. The predicted molar refractivity (Wildman–Crippen MR) is 106 cm³/mol. The zero-order valence-electron chi connectivity index (χ0n) is 16.8. The number of nitrogens with zero attached hydrogens (tertiary/aromatic N) is 1. The van der Waals surface area contributed by atoms with Crippen molar-refractivity contribution in [1.82, 2.24) is 0 Å². The van der Waals surface area contributed by atoms with Crippen molar-refractivity contribution < 1.29 is 23.9 Å². The Labute approximate surface area is 163 Å². The van der Waals surface area contributed by atoms with Crippen LogP contribution in [0.4, 0.5) is 11.4 Å². The lowest BCUT2D eigenvalue weighted by Gasteiger charge is -2.19. The predicted octanol–water partition coefficient (Wildman–Crippen LogP) is 4.17. The minimum absolute atomic E-state index is 0.0926.